The highest BCUT2D eigenvalue weighted by molar-refractivity contribution is 9.10. The Morgan fingerprint density at radius 2 is 1.85 bits per heavy atom. The van der Waals surface area contributed by atoms with Crippen molar-refractivity contribution in [2.45, 2.75) is 39.8 Å². The van der Waals surface area contributed by atoms with E-state index in [4.69, 9.17) is 10.00 Å². The highest BCUT2D eigenvalue weighted by atomic mass is 79.9. The van der Waals surface area contributed by atoms with Gasteiger partial charge in [0.2, 0.25) is 5.82 Å². The van der Waals surface area contributed by atoms with Gasteiger partial charge in [0.15, 0.2) is 0 Å². The molecule has 1 aliphatic carbocycles. The summed E-state index contributed by atoms with van der Waals surface area (Å²) in [5.74, 6) is 0.550. The summed E-state index contributed by atoms with van der Waals surface area (Å²) in [6.07, 6.45) is 2.98. The SMILES string of the molecule is CC1(C)C(NC(=O)c2ncccn2)C(C)(C)C1Oc1ccc(C#N)c(Br)c1. The molecular formula is C20H21BrN4O2. The Bertz CT molecular complexity index is 890. The van der Waals surface area contributed by atoms with Gasteiger partial charge in [0.05, 0.1) is 5.56 Å². The molecule has 1 aromatic carbocycles. The van der Waals surface area contributed by atoms with Gasteiger partial charge in [-0.1, -0.05) is 27.7 Å². The molecule has 0 radical (unpaired) electrons. The van der Waals surface area contributed by atoms with Crippen LogP contribution in [0.3, 0.4) is 0 Å². The molecule has 2 aromatic rings. The molecule has 0 atom stereocenters. The molecule has 140 valence electrons. The van der Waals surface area contributed by atoms with Crippen LogP contribution in [0.15, 0.2) is 41.1 Å². The molecule has 1 N–H and O–H groups in total. The van der Waals surface area contributed by atoms with Crippen LogP contribution in [-0.2, 0) is 0 Å². The molecule has 0 unspecified atom stereocenters. The number of nitriles is 1. The van der Waals surface area contributed by atoms with Gasteiger partial charge >= 0.3 is 0 Å². The number of carbonyl (C=O) groups is 1. The van der Waals surface area contributed by atoms with E-state index in [0.29, 0.717) is 15.8 Å². The minimum Gasteiger partial charge on any atom is -0.489 e. The Morgan fingerprint density at radius 3 is 2.41 bits per heavy atom. The average Bonchev–Trinajstić information content (AvgIpc) is 2.64. The number of halogens is 1. The van der Waals surface area contributed by atoms with E-state index in [0.717, 1.165) is 0 Å². The molecule has 0 spiro atoms. The summed E-state index contributed by atoms with van der Waals surface area (Å²) in [5.41, 5.74) is -0.0368. The first-order chi connectivity index (χ1) is 12.7. The summed E-state index contributed by atoms with van der Waals surface area (Å²) in [6, 6.07) is 9.01. The zero-order chi connectivity index (χ0) is 19.8. The number of hydrogen-bond acceptors (Lipinski definition) is 5. The van der Waals surface area contributed by atoms with Gasteiger partial charge < -0.3 is 10.1 Å². The van der Waals surface area contributed by atoms with Gasteiger partial charge in [-0.15, -0.1) is 0 Å². The molecule has 1 fully saturated rings. The number of hydrogen-bond donors (Lipinski definition) is 1. The van der Waals surface area contributed by atoms with Crippen LogP contribution in [0, 0.1) is 22.2 Å². The number of nitrogens with one attached hydrogen (secondary N) is 1. The van der Waals surface area contributed by atoms with Crippen LogP contribution in [0.25, 0.3) is 0 Å². The second kappa shape index (κ2) is 6.93. The first-order valence-corrected chi connectivity index (χ1v) is 9.41. The van der Waals surface area contributed by atoms with E-state index in [1.165, 1.54) is 0 Å². The number of benzene rings is 1. The molecule has 0 bridgehead atoms. The maximum absolute atomic E-state index is 12.5. The molecule has 0 aliphatic heterocycles. The summed E-state index contributed by atoms with van der Waals surface area (Å²) in [6.45, 7) is 8.27. The zero-order valence-electron chi connectivity index (χ0n) is 15.7. The van der Waals surface area contributed by atoms with Crippen LogP contribution in [0.4, 0.5) is 0 Å². The van der Waals surface area contributed by atoms with Crippen molar-refractivity contribution in [1.29, 1.82) is 5.26 Å². The molecule has 1 amide bonds. The van der Waals surface area contributed by atoms with Crippen molar-refractivity contribution in [3.63, 3.8) is 0 Å². The van der Waals surface area contributed by atoms with E-state index in [9.17, 15) is 4.79 Å². The van der Waals surface area contributed by atoms with Crippen molar-refractivity contribution in [2.24, 2.45) is 10.8 Å². The van der Waals surface area contributed by atoms with E-state index in [2.05, 4.69) is 65.0 Å². The van der Waals surface area contributed by atoms with Crippen LogP contribution in [0.2, 0.25) is 0 Å². The number of aromatic nitrogens is 2. The number of amides is 1. The van der Waals surface area contributed by atoms with Gasteiger partial charge in [-0.25, -0.2) is 9.97 Å². The Balaban J connectivity index is 1.77. The molecule has 1 saturated carbocycles. The maximum atomic E-state index is 12.5. The molecular weight excluding hydrogens is 408 g/mol. The molecule has 7 heteroatoms. The van der Waals surface area contributed by atoms with Crippen LogP contribution in [0.5, 0.6) is 5.75 Å². The van der Waals surface area contributed by atoms with E-state index in [1.54, 1.807) is 36.7 Å². The van der Waals surface area contributed by atoms with Crippen molar-refractivity contribution in [1.82, 2.24) is 15.3 Å². The summed E-state index contributed by atoms with van der Waals surface area (Å²) in [5, 5.41) is 12.1. The fourth-order valence-corrected chi connectivity index (χ4v) is 4.65. The highest BCUT2D eigenvalue weighted by Gasteiger charge is 2.64. The topological polar surface area (TPSA) is 87.9 Å². The number of rotatable bonds is 4. The lowest BCUT2D eigenvalue weighted by Crippen LogP contribution is -2.74. The number of nitrogens with zero attached hydrogens (tertiary/aromatic N) is 3. The average molecular weight is 429 g/mol. The third-order valence-electron chi connectivity index (χ3n) is 5.20. The van der Waals surface area contributed by atoms with Gasteiger partial charge in [0, 0.05) is 33.7 Å². The van der Waals surface area contributed by atoms with Crippen LogP contribution in [-0.4, -0.2) is 28.0 Å². The monoisotopic (exact) mass is 428 g/mol. The van der Waals surface area contributed by atoms with Gasteiger partial charge in [0.25, 0.3) is 5.91 Å². The molecule has 6 nitrogen and oxygen atoms in total. The van der Waals surface area contributed by atoms with E-state index < -0.39 is 0 Å². The number of ether oxygens (including phenoxy) is 1. The van der Waals surface area contributed by atoms with Crippen molar-refractivity contribution >= 4 is 21.8 Å². The van der Waals surface area contributed by atoms with Crippen molar-refractivity contribution < 1.29 is 9.53 Å². The second-order valence-electron chi connectivity index (χ2n) is 7.87. The highest BCUT2D eigenvalue weighted by Crippen LogP contribution is 2.55. The lowest BCUT2D eigenvalue weighted by molar-refractivity contribution is -0.164. The maximum Gasteiger partial charge on any atom is 0.289 e. The Morgan fingerprint density at radius 1 is 1.22 bits per heavy atom. The fraction of sp³-hybridized carbons (Fsp3) is 0.400. The van der Waals surface area contributed by atoms with Crippen molar-refractivity contribution in [3.8, 4) is 11.8 Å². The number of carbonyl (C=O) groups excluding carboxylic acids is 1. The summed E-state index contributed by atoms with van der Waals surface area (Å²) in [7, 11) is 0. The summed E-state index contributed by atoms with van der Waals surface area (Å²) < 4.78 is 6.95. The predicted octanol–water partition coefficient (Wildman–Crippen LogP) is 3.72. The summed E-state index contributed by atoms with van der Waals surface area (Å²) >= 11 is 3.39. The first-order valence-electron chi connectivity index (χ1n) is 8.62. The van der Waals surface area contributed by atoms with E-state index >= 15 is 0 Å². The van der Waals surface area contributed by atoms with Gasteiger partial charge in [-0.3, -0.25) is 4.79 Å². The second-order valence-corrected chi connectivity index (χ2v) is 8.73. The zero-order valence-corrected chi connectivity index (χ0v) is 17.2. The third-order valence-corrected chi connectivity index (χ3v) is 5.85. The van der Waals surface area contributed by atoms with Crippen LogP contribution < -0.4 is 10.1 Å². The largest absolute Gasteiger partial charge is 0.489 e. The third kappa shape index (κ3) is 3.42. The lowest BCUT2D eigenvalue weighted by atomic mass is 9.49. The predicted molar refractivity (Wildman–Crippen MR) is 104 cm³/mol. The fourth-order valence-electron chi connectivity index (χ4n) is 4.21. The Kier molecular flexibility index (Phi) is 4.96. The molecule has 1 aliphatic rings. The minimum atomic E-state index is -0.297. The van der Waals surface area contributed by atoms with Crippen molar-refractivity contribution in [3.05, 3.63) is 52.5 Å². The normalized spacial score (nSPS) is 22.2. The Hall–Kier alpha value is -2.46. The molecule has 0 saturated heterocycles. The quantitative estimate of drug-likeness (QED) is 0.801. The summed E-state index contributed by atoms with van der Waals surface area (Å²) in [4.78, 5) is 20.5. The lowest BCUT2D eigenvalue weighted by Gasteiger charge is -2.63. The van der Waals surface area contributed by atoms with Gasteiger partial charge in [-0.05, 0) is 40.2 Å². The van der Waals surface area contributed by atoms with Gasteiger partial charge in [0.1, 0.15) is 17.9 Å². The molecule has 1 aromatic heterocycles. The van der Waals surface area contributed by atoms with Crippen LogP contribution >= 0.6 is 15.9 Å². The smallest absolute Gasteiger partial charge is 0.289 e. The minimum absolute atomic E-state index is 0.104. The first kappa shape index (κ1) is 19.3. The molecule has 3 rings (SSSR count). The van der Waals surface area contributed by atoms with Crippen LogP contribution in [0.1, 0.15) is 43.9 Å². The Labute approximate surface area is 167 Å². The molecule has 27 heavy (non-hydrogen) atoms. The van der Waals surface area contributed by atoms with Crippen molar-refractivity contribution in [2.75, 3.05) is 0 Å². The standard InChI is InChI=1S/C20H21BrN4O2/c1-19(2)17(25-16(26)15-23-8-5-9-24-15)20(3,4)18(19)27-13-7-6-12(11-22)14(21)10-13/h5-10,17-18H,1-4H3,(H,25,26). The van der Waals surface area contributed by atoms with E-state index in [-0.39, 0.29) is 34.7 Å². The van der Waals surface area contributed by atoms with E-state index in [1.807, 2.05) is 0 Å². The van der Waals surface area contributed by atoms with Gasteiger partial charge in [-0.2, -0.15) is 5.26 Å². The molecule has 1 heterocycles.